The first-order valence-electron chi connectivity index (χ1n) is 6.42. The topological polar surface area (TPSA) is 35.8 Å². The maximum absolute atomic E-state index is 9.03. The summed E-state index contributed by atoms with van der Waals surface area (Å²) in [4.78, 5) is 0. The molecule has 0 atom stereocenters. The van der Waals surface area contributed by atoms with Gasteiger partial charge in [-0.2, -0.15) is 5.26 Å². The average molecular weight is 244 g/mol. The second kappa shape index (κ2) is 5.12. The molecule has 0 amide bonds. The van der Waals surface area contributed by atoms with Crippen LogP contribution >= 0.6 is 0 Å². The van der Waals surface area contributed by atoms with Crippen molar-refractivity contribution in [1.82, 2.24) is 5.32 Å². The molecule has 0 radical (unpaired) electrons. The average Bonchev–Trinajstić information content (AvgIpc) is 2.30. The number of hydrogen-bond acceptors (Lipinski definition) is 2. The maximum Gasteiger partial charge on any atom is 0.101 e. The molecule has 0 aromatic heterocycles. The SMILES string of the molecule is Cc1ccc(C(C)(C)CNC(C)(C)C#N)cc1C. The number of hydrogen-bond donors (Lipinski definition) is 1. The molecule has 1 aromatic carbocycles. The van der Waals surface area contributed by atoms with Crippen LogP contribution in [0, 0.1) is 25.2 Å². The summed E-state index contributed by atoms with van der Waals surface area (Å²) < 4.78 is 0. The lowest BCUT2D eigenvalue weighted by molar-refractivity contribution is 0.397. The van der Waals surface area contributed by atoms with Crippen LogP contribution in [0.25, 0.3) is 0 Å². The van der Waals surface area contributed by atoms with Gasteiger partial charge >= 0.3 is 0 Å². The fraction of sp³-hybridized carbons (Fsp3) is 0.562. The van der Waals surface area contributed by atoms with Crippen molar-refractivity contribution in [2.45, 2.75) is 52.5 Å². The fourth-order valence-electron chi connectivity index (χ4n) is 1.75. The summed E-state index contributed by atoms with van der Waals surface area (Å²) in [5.41, 5.74) is 3.50. The zero-order valence-corrected chi connectivity index (χ0v) is 12.4. The Labute approximate surface area is 111 Å². The molecule has 0 aliphatic carbocycles. The van der Waals surface area contributed by atoms with Gasteiger partial charge in [-0.25, -0.2) is 0 Å². The lowest BCUT2D eigenvalue weighted by Crippen LogP contribution is -2.44. The van der Waals surface area contributed by atoms with Gasteiger partial charge in [0.05, 0.1) is 6.07 Å². The predicted molar refractivity (Wildman–Crippen MR) is 76.6 cm³/mol. The Hall–Kier alpha value is -1.33. The third-order valence-electron chi connectivity index (χ3n) is 3.54. The number of rotatable bonds is 4. The van der Waals surface area contributed by atoms with Crippen LogP contribution in [0.15, 0.2) is 18.2 Å². The minimum absolute atomic E-state index is 0.0204. The largest absolute Gasteiger partial charge is 0.299 e. The van der Waals surface area contributed by atoms with E-state index in [1.807, 2.05) is 13.8 Å². The molecule has 2 nitrogen and oxygen atoms in total. The summed E-state index contributed by atoms with van der Waals surface area (Å²) in [5.74, 6) is 0. The van der Waals surface area contributed by atoms with Gasteiger partial charge in [0.2, 0.25) is 0 Å². The molecular weight excluding hydrogens is 220 g/mol. The quantitative estimate of drug-likeness (QED) is 0.880. The molecule has 0 aliphatic heterocycles. The van der Waals surface area contributed by atoms with Gasteiger partial charge in [0.1, 0.15) is 5.54 Å². The van der Waals surface area contributed by atoms with Crippen molar-refractivity contribution in [3.05, 3.63) is 34.9 Å². The Morgan fingerprint density at radius 2 is 1.72 bits per heavy atom. The third kappa shape index (κ3) is 3.58. The minimum atomic E-state index is -0.475. The normalized spacial score (nSPS) is 12.3. The zero-order chi connectivity index (χ0) is 14.0. The highest BCUT2D eigenvalue weighted by atomic mass is 15.0. The molecular formula is C16H24N2. The van der Waals surface area contributed by atoms with E-state index in [9.17, 15) is 0 Å². The number of nitrogens with zero attached hydrogens (tertiary/aromatic N) is 1. The van der Waals surface area contributed by atoms with Gasteiger partial charge in [0.25, 0.3) is 0 Å². The van der Waals surface area contributed by atoms with Crippen LogP contribution in [0.5, 0.6) is 0 Å². The van der Waals surface area contributed by atoms with Crippen molar-refractivity contribution < 1.29 is 0 Å². The highest BCUT2D eigenvalue weighted by Crippen LogP contribution is 2.25. The first kappa shape index (κ1) is 14.7. The summed E-state index contributed by atoms with van der Waals surface area (Å²) >= 11 is 0. The molecule has 0 unspecified atom stereocenters. The number of nitriles is 1. The first-order valence-corrected chi connectivity index (χ1v) is 6.42. The maximum atomic E-state index is 9.03. The van der Waals surface area contributed by atoms with Crippen LogP contribution in [0.4, 0.5) is 0 Å². The van der Waals surface area contributed by atoms with Gasteiger partial charge in [-0.15, -0.1) is 0 Å². The van der Waals surface area contributed by atoms with Crippen LogP contribution in [0.2, 0.25) is 0 Å². The molecule has 18 heavy (non-hydrogen) atoms. The molecule has 0 aliphatic rings. The highest BCUT2D eigenvalue weighted by Gasteiger charge is 2.25. The number of aryl methyl sites for hydroxylation is 2. The van der Waals surface area contributed by atoms with E-state index in [2.05, 4.69) is 57.3 Å². The second-order valence-corrected chi connectivity index (χ2v) is 6.27. The van der Waals surface area contributed by atoms with Gasteiger partial charge in [-0.3, -0.25) is 5.32 Å². The van der Waals surface area contributed by atoms with Gasteiger partial charge in [-0.1, -0.05) is 32.0 Å². The number of nitrogens with one attached hydrogen (secondary N) is 1. The summed E-state index contributed by atoms with van der Waals surface area (Å²) in [6.45, 7) is 13.3. The molecule has 0 spiro atoms. The highest BCUT2D eigenvalue weighted by molar-refractivity contribution is 5.34. The molecule has 0 saturated carbocycles. The van der Waals surface area contributed by atoms with Crippen molar-refractivity contribution in [3.8, 4) is 6.07 Å². The van der Waals surface area contributed by atoms with Crippen LogP contribution < -0.4 is 5.32 Å². The molecule has 98 valence electrons. The summed E-state index contributed by atoms with van der Waals surface area (Å²) in [5, 5.41) is 12.3. The van der Waals surface area contributed by atoms with E-state index < -0.39 is 5.54 Å². The van der Waals surface area contributed by atoms with Gasteiger partial charge in [0, 0.05) is 12.0 Å². The summed E-state index contributed by atoms with van der Waals surface area (Å²) in [7, 11) is 0. The Bertz CT molecular complexity index is 464. The molecule has 2 heteroatoms. The Kier molecular flexibility index (Phi) is 4.19. The monoisotopic (exact) mass is 244 g/mol. The van der Waals surface area contributed by atoms with Crippen LogP contribution in [0.3, 0.4) is 0 Å². The van der Waals surface area contributed by atoms with E-state index in [1.54, 1.807) is 0 Å². The Morgan fingerprint density at radius 3 is 2.22 bits per heavy atom. The van der Waals surface area contributed by atoms with Crippen LogP contribution in [0.1, 0.15) is 44.4 Å². The molecule has 1 rings (SSSR count). The standard InChI is InChI=1S/C16H24N2/c1-12-7-8-14(9-13(12)2)15(3,4)11-18-16(5,6)10-17/h7-9,18H,11H2,1-6H3. The second-order valence-electron chi connectivity index (χ2n) is 6.27. The van der Waals surface area contributed by atoms with Crippen molar-refractivity contribution in [1.29, 1.82) is 5.26 Å². The lowest BCUT2D eigenvalue weighted by Gasteiger charge is -2.30. The van der Waals surface area contributed by atoms with E-state index in [1.165, 1.54) is 16.7 Å². The summed E-state index contributed by atoms with van der Waals surface area (Å²) in [6, 6.07) is 8.87. The summed E-state index contributed by atoms with van der Waals surface area (Å²) in [6.07, 6.45) is 0. The van der Waals surface area contributed by atoms with Gasteiger partial charge in [-0.05, 0) is 44.4 Å². The smallest absolute Gasteiger partial charge is 0.101 e. The van der Waals surface area contributed by atoms with E-state index in [-0.39, 0.29) is 5.41 Å². The van der Waals surface area contributed by atoms with Crippen LogP contribution in [-0.2, 0) is 5.41 Å². The number of benzene rings is 1. The molecule has 0 fully saturated rings. The Balaban J connectivity index is 2.86. The third-order valence-corrected chi connectivity index (χ3v) is 3.54. The molecule has 1 aromatic rings. The molecule has 1 N–H and O–H groups in total. The van der Waals surface area contributed by atoms with Gasteiger partial charge < -0.3 is 0 Å². The molecule has 0 saturated heterocycles. The van der Waals surface area contributed by atoms with E-state index in [4.69, 9.17) is 5.26 Å². The first-order chi connectivity index (χ1) is 8.18. The van der Waals surface area contributed by atoms with E-state index in [0.717, 1.165) is 6.54 Å². The predicted octanol–water partition coefficient (Wildman–Crippen LogP) is 3.47. The van der Waals surface area contributed by atoms with E-state index in [0.29, 0.717) is 0 Å². The van der Waals surface area contributed by atoms with Crippen molar-refractivity contribution in [2.75, 3.05) is 6.54 Å². The molecule has 0 bridgehead atoms. The van der Waals surface area contributed by atoms with Crippen molar-refractivity contribution in [3.63, 3.8) is 0 Å². The van der Waals surface area contributed by atoms with Gasteiger partial charge in [0.15, 0.2) is 0 Å². The fourth-order valence-corrected chi connectivity index (χ4v) is 1.75. The van der Waals surface area contributed by atoms with Crippen LogP contribution in [-0.4, -0.2) is 12.1 Å². The minimum Gasteiger partial charge on any atom is -0.299 e. The van der Waals surface area contributed by atoms with E-state index >= 15 is 0 Å². The lowest BCUT2D eigenvalue weighted by atomic mass is 9.82. The Morgan fingerprint density at radius 1 is 1.11 bits per heavy atom. The molecule has 0 heterocycles. The zero-order valence-electron chi connectivity index (χ0n) is 12.4. The van der Waals surface area contributed by atoms with Crippen molar-refractivity contribution >= 4 is 0 Å². The van der Waals surface area contributed by atoms with Crippen molar-refractivity contribution in [2.24, 2.45) is 0 Å².